The molecule has 68 valence electrons. The number of hydrogen-bond acceptors (Lipinski definition) is 2. The summed E-state index contributed by atoms with van der Waals surface area (Å²) < 4.78 is 12.7. The van der Waals surface area contributed by atoms with Crippen molar-refractivity contribution < 1.29 is 4.39 Å². The molecule has 11 heavy (non-hydrogen) atoms. The zero-order valence-corrected chi connectivity index (χ0v) is 7.68. The molecular weight excluding hydrogens is 143 g/mol. The molecule has 2 unspecified atom stereocenters. The Bertz CT molecular complexity index is 98.1. The predicted molar refractivity (Wildman–Crippen MR) is 46.3 cm³/mol. The minimum Gasteiger partial charge on any atom is -0.325 e. The Morgan fingerprint density at radius 2 is 2.00 bits per heavy atom. The molecule has 1 aliphatic rings. The van der Waals surface area contributed by atoms with E-state index in [1.165, 1.54) is 0 Å². The van der Waals surface area contributed by atoms with Crippen molar-refractivity contribution in [2.75, 3.05) is 20.1 Å². The fourth-order valence-corrected chi connectivity index (χ4v) is 1.07. The maximum Gasteiger partial charge on any atom is 0.128 e. The van der Waals surface area contributed by atoms with Gasteiger partial charge in [-0.25, -0.2) is 4.39 Å². The molecule has 1 aliphatic heterocycles. The van der Waals surface area contributed by atoms with E-state index in [0.29, 0.717) is 6.54 Å². The number of piperidine rings is 1. The summed E-state index contributed by atoms with van der Waals surface area (Å²) in [6, 6.07) is -0.221. The van der Waals surface area contributed by atoms with Gasteiger partial charge in [0.2, 0.25) is 0 Å². The van der Waals surface area contributed by atoms with Crippen LogP contribution in [0.3, 0.4) is 0 Å². The fourth-order valence-electron chi connectivity index (χ4n) is 1.07. The first-order valence-electron chi connectivity index (χ1n) is 4.28. The largest absolute Gasteiger partial charge is 0.325 e. The van der Waals surface area contributed by atoms with E-state index in [1.807, 2.05) is 25.8 Å². The molecule has 1 saturated heterocycles. The van der Waals surface area contributed by atoms with Crippen molar-refractivity contribution in [2.45, 2.75) is 32.5 Å². The lowest BCUT2D eigenvalue weighted by Crippen LogP contribution is -2.46. The Hall–Kier alpha value is -0.150. The SMILES string of the molecule is CC.CN1CCC(N)C(F)C1. The standard InChI is InChI=1S/C6H13FN2.C2H6/c1-9-3-2-6(8)5(7)4-9;1-2/h5-6H,2-4,8H2,1H3;1-2H3. The van der Waals surface area contributed by atoms with Crippen molar-refractivity contribution >= 4 is 0 Å². The van der Waals surface area contributed by atoms with Gasteiger partial charge in [-0.3, -0.25) is 0 Å². The first kappa shape index (κ1) is 10.8. The van der Waals surface area contributed by atoms with E-state index in [9.17, 15) is 4.39 Å². The third-order valence-electron chi connectivity index (χ3n) is 1.79. The average molecular weight is 162 g/mol. The normalized spacial score (nSPS) is 32.5. The van der Waals surface area contributed by atoms with E-state index >= 15 is 0 Å². The zero-order chi connectivity index (χ0) is 8.85. The molecule has 1 fully saturated rings. The number of likely N-dealkylation sites (tertiary alicyclic amines) is 1. The van der Waals surface area contributed by atoms with Crippen LogP contribution in [0.2, 0.25) is 0 Å². The van der Waals surface area contributed by atoms with Gasteiger partial charge in [-0.2, -0.15) is 0 Å². The number of halogens is 1. The summed E-state index contributed by atoms with van der Waals surface area (Å²) in [5.74, 6) is 0. The Morgan fingerprint density at radius 1 is 1.45 bits per heavy atom. The van der Waals surface area contributed by atoms with Gasteiger partial charge in [0.1, 0.15) is 6.17 Å². The lowest BCUT2D eigenvalue weighted by atomic mass is 10.1. The van der Waals surface area contributed by atoms with E-state index in [4.69, 9.17) is 5.73 Å². The van der Waals surface area contributed by atoms with Crippen molar-refractivity contribution in [2.24, 2.45) is 5.73 Å². The van der Waals surface area contributed by atoms with Gasteiger partial charge in [-0.15, -0.1) is 0 Å². The average Bonchev–Trinajstić information content (AvgIpc) is 2.02. The molecule has 0 aromatic rings. The van der Waals surface area contributed by atoms with E-state index in [0.717, 1.165) is 13.0 Å². The number of hydrogen-bond donors (Lipinski definition) is 1. The fraction of sp³-hybridized carbons (Fsp3) is 1.00. The Labute approximate surface area is 68.6 Å². The lowest BCUT2D eigenvalue weighted by molar-refractivity contribution is 0.141. The van der Waals surface area contributed by atoms with E-state index in [-0.39, 0.29) is 6.04 Å². The number of nitrogens with two attached hydrogens (primary N) is 1. The monoisotopic (exact) mass is 162 g/mol. The summed E-state index contributed by atoms with van der Waals surface area (Å²) in [5.41, 5.74) is 5.44. The van der Waals surface area contributed by atoms with Crippen molar-refractivity contribution in [1.82, 2.24) is 4.90 Å². The van der Waals surface area contributed by atoms with Gasteiger partial charge in [-0.05, 0) is 20.0 Å². The van der Waals surface area contributed by atoms with Crippen molar-refractivity contribution in [3.8, 4) is 0 Å². The molecule has 2 nitrogen and oxygen atoms in total. The molecule has 0 amide bonds. The quantitative estimate of drug-likeness (QED) is 0.576. The highest BCUT2D eigenvalue weighted by atomic mass is 19.1. The van der Waals surface area contributed by atoms with Crippen LogP contribution in [0.5, 0.6) is 0 Å². The van der Waals surface area contributed by atoms with Crippen LogP contribution in [0.15, 0.2) is 0 Å². The van der Waals surface area contributed by atoms with E-state index in [2.05, 4.69) is 0 Å². The molecular formula is C8H19FN2. The van der Waals surface area contributed by atoms with Crippen LogP contribution in [-0.2, 0) is 0 Å². The lowest BCUT2D eigenvalue weighted by Gasteiger charge is -2.29. The Morgan fingerprint density at radius 3 is 2.36 bits per heavy atom. The van der Waals surface area contributed by atoms with Crippen molar-refractivity contribution in [1.29, 1.82) is 0 Å². The summed E-state index contributed by atoms with van der Waals surface area (Å²) in [7, 11) is 1.92. The Balaban J connectivity index is 0.000000461. The predicted octanol–water partition coefficient (Wildman–Crippen LogP) is 1.01. The molecule has 2 atom stereocenters. The molecule has 0 saturated carbocycles. The van der Waals surface area contributed by atoms with E-state index in [1.54, 1.807) is 0 Å². The highest BCUT2D eigenvalue weighted by Gasteiger charge is 2.23. The van der Waals surface area contributed by atoms with Gasteiger partial charge in [0.05, 0.1) is 0 Å². The number of rotatable bonds is 0. The van der Waals surface area contributed by atoms with Crippen LogP contribution in [0.25, 0.3) is 0 Å². The molecule has 0 aromatic heterocycles. The van der Waals surface area contributed by atoms with Crippen LogP contribution in [0.1, 0.15) is 20.3 Å². The zero-order valence-electron chi connectivity index (χ0n) is 7.68. The summed E-state index contributed by atoms with van der Waals surface area (Å²) >= 11 is 0. The van der Waals surface area contributed by atoms with Gasteiger partial charge in [0, 0.05) is 12.6 Å². The van der Waals surface area contributed by atoms with Crippen LogP contribution < -0.4 is 5.73 Å². The summed E-state index contributed by atoms with van der Waals surface area (Å²) in [6.07, 6.45) is -0.0266. The summed E-state index contributed by atoms with van der Waals surface area (Å²) in [6.45, 7) is 5.43. The minimum atomic E-state index is -0.816. The first-order chi connectivity index (χ1) is 5.20. The molecule has 2 N–H and O–H groups in total. The van der Waals surface area contributed by atoms with E-state index < -0.39 is 6.17 Å². The van der Waals surface area contributed by atoms with Crippen LogP contribution >= 0.6 is 0 Å². The maximum absolute atomic E-state index is 12.7. The Kier molecular flexibility index (Phi) is 5.42. The van der Waals surface area contributed by atoms with Crippen molar-refractivity contribution in [3.05, 3.63) is 0 Å². The number of alkyl halides is 1. The molecule has 1 rings (SSSR count). The molecule has 0 aliphatic carbocycles. The summed E-state index contributed by atoms with van der Waals surface area (Å²) in [4.78, 5) is 1.97. The second-order valence-electron chi connectivity index (χ2n) is 2.73. The van der Waals surface area contributed by atoms with Gasteiger partial charge in [0.25, 0.3) is 0 Å². The highest BCUT2D eigenvalue weighted by Crippen LogP contribution is 2.09. The van der Waals surface area contributed by atoms with Crippen LogP contribution in [0, 0.1) is 0 Å². The van der Waals surface area contributed by atoms with Crippen LogP contribution in [0.4, 0.5) is 4.39 Å². The van der Waals surface area contributed by atoms with Gasteiger partial charge in [-0.1, -0.05) is 13.8 Å². The van der Waals surface area contributed by atoms with Gasteiger partial charge < -0.3 is 10.6 Å². The number of nitrogens with zero attached hydrogens (tertiary/aromatic N) is 1. The maximum atomic E-state index is 12.7. The smallest absolute Gasteiger partial charge is 0.128 e. The molecule has 0 aromatic carbocycles. The minimum absolute atomic E-state index is 0.221. The first-order valence-corrected chi connectivity index (χ1v) is 4.28. The topological polar surface area (TPSA) is 29.3 Å². The molecule has 1 heterocycles. The van der Waals surface area contributed by atoms with Crippen LogP contribution in [-0.4, -0.2) is 37.3 Å². The molecule has 0 spiro atoms. The second kappa shape index (κ2) is 5.49. The summed E-state index contributed by atoms with van der Waals surface area (Å²) in [5, 5.41) is 0. The third kappa shape index (κ3) is 3.68. The third-order valence-corrected chi connectivity index (χ3v) is 1.79. The molecule has 3 heteroatoms. The van der Waals surface area contributed by atoms with Gasteiger partial charge in [0.15, 0.2) is 0 Å². The highest BCUT2D eigenvalue weighted by molar-refractivity contribution is 4.80. The molecule has 0 bridgehead atoms. The molecule has 0 radical (unpaired) electrons. The van der Waals surface area contributed by atoms with Crippen molar-refractivity contribution in [3.63, 3.8) is 0 Å². The van der Waals surface area contributed by atoms with Gasteiger partial charge >= 0.3 is 0 Å². The second-order valence-corrected chi connectivity index (χ2v) is 2.73.